The van der Waals surface area contributed by atoms with E-state index < -0.39 is 16.1 Å². The molecule has 1 aliphatic carbocycles. The minimum Gasteiger partial charge on any atom is -0.476 e. The number of aryl methyl sites for hydroxylation is 1. The van der Waals surface area contributed by atoms with Crippen LogP contribution in [0.2, 0.25) is 0 Å². The molecule has 1 saturated carbocycles. The van der Waals surface area contributed by atoms with Crippen LogP contribution >= 0.6 is 11.8 Å². The lowest BCUT2D eigenvalue weighted by atomic mass is 10.1. The second-order valence-electron chi connectivity index (χ2n) is 8.00. The maximum absolute atomic E-state index is 13.3. The van der Waals surface area contributed by atoms with Crippen LogP contribution in [-0.4, -0.2) is 44.5 Å². The molecule has 0 aromatic heterocycles. The van der Waals surface area contributed by atoms with Gasteiger partial charge in [0.15, 0.2) is 6.10 Å². The van der Waals surface area contributed by atoms with Crippen LogP contribution in [0.5, 0.6) is 5.75 Å². The van der Waals surface area contributed by atoms with Gasteiger partial charge in [0.25, 0.3) is 15.9 Å². The average Bonchev–Trinajstić information content (AvgIpc) is 3.29. The van der Waals surface area contributed by atoms with Crippen molar-refractivity contribution in [3.8, 4) is 5.75 Å². The summed E-state index contributed by atoms with van der Waals surface area (Å²) in [4.78, 5) is 13.0. The van der Waals surface area contributed by atoms with Gasteiger partial charge in [0.2, 0.25) is 0 Å². The number of hydrogen-bond acceptors (Lipinski definition) is 5. The van der Waals surface area contributed by atoms with Crippen molar-refractivity contribution in [2.45, 2.75) is 48.9 Å². The Labute approximate surface area is 188 Å². The molecule has 2 aliphatic rings. The van der Waals surface area contributed by atoms with Gasteiger partial charge in [-0.1, -0.05) is 37.1 Å². The molecule has 4 rings (SSSR count). The highest BCUT2D eigenvalue weighted by Crippen LogP contribution is 2.37. The van der Waals surface area contributed by atoms with Gasteiger partial charge < -0.3 is 10.1 Å². The number of rotatable bonds is 7. The third kappa shape index (κ3) is 5.01. The number of fused-ring (bicyclic) bond motifs is 1. The molecule has 8 heteroatoms. The summed E-state index contributed by atoms with van der Waals surface area (Å²) in [6.07, 6.45) is 4.21. The van der Waals surface area contributed by atoms with E-state index in [0.29, 0.717) is 23.2 Å². The first kappa shape index (κ1) is 22.0. The zero-order valence-corrected chi connectivity index (χ0v) is 19.3. The number of benzene rings is 2. The van der Waals surface area contributed by atoms with Crippen LogP contribution in [0.3, 0.4) is 0 Å². The molecule has 1 N–H and O–H groups in total. The summed E-state index contributed by atoms with van der Waals surface area (Å²) >= 11 is 1.90. The van der Waals surface area contributed by atoms with E-state index in [1.807, 2.05) is 24.8 Å². The van der Waals surface area contributed by atoms with E-state index in [1.165, 1.54) is 30.0 Å². The summed E-state index contributed by atoms with van der Waals surface area (Å²) in [6.45, 7) is 2.39. The van der Waals surface area contributed by atoms with Crippen molar-refractivity contribution in [2.24, 2.45) is 0 Å². The topological polar surface area (TPSA) is 75.7 Å². The Morgan fingerprint density at radius 1 is 1.16 bits per heavy atom. The molecule has 166 valence electrons. The Balaban J connectivity index is 1.49. The first-order chi connectivity index (χ1) is 14.9. The maximum atomic E-state index is 13.3. The number of amides is 1. The zero-order chi connectivity index (χ0) is 21.8. The molecule has 0 radical (unpaired) electrons. The molecule has 1 unspecified atom stereocenters. The van der Waals surface area contributed by atoms with Crippen LogP contribution in [0.15, 0.2) is 53.4 Å². The number of carbonyl (C=O) groups excluding carboxylic acids is 1. The fourth-order valence-electron chi connectivity index (χ4n) is 4.01. The fraction of sp³-hybridized carbons (Fsp3) is 0.435. The monoisotopic (exact) mass is 460 g/mol. The van der Waals surface area contributed by atoms with E-state index in [2.05, 4.69) is 5.32 Å². The molecule has 0 spiro atoms. The second-order valence-corrected chi connectivity index (χ2v) is 11.3. The maximum Gasteiger partial charge on any atom is 0.264 e. The van der Waals surface area contributed by atoms with Gasteiger partial charge in [-0.3, -0.25) is 9.10 Å². The minimum absolute atomic E-state index is 0.0606. The lowest BCUT2D eigenvalue weighted by Gasteiger charge is -2.35. The van der Waals surface area contributed by atoms with E-state index >= 15 is 0 Å². The van der Waals surface area contributed by atoms with E-state index in [1.54, 1.807) is 42.5 Å². The number of ether oxygens (including phenoxy) is 1. The Morgan fingerprint density at radius 3 is 2.65 bits per heavy atom. The van der Waals surface area contributed by atoms with Crippen LogP contribution < -0.4 is 14.4 Å². The predicted molar refractivity (Wildman–Crippen MR) is 124 cm³/mol. The Hall–Kier alpha value is -2.19. The molecular formula is C23H28N2O4S2. The normalized spacial score (nSPS) is 19.0. The van der Waals surface area contributed by atoms with E-state index in [-0.39, 0.29) is 17.3 Å². The van der Waals surface area contributed by atoms with Gasteiger partial charge >= 0.3 is 0 Å². The number of hydrogen-bond donors (Lipinski definition) is 1. The van der Waals surface area contributed by atoms with Gasteiger partial charge in [-0.2, -0.15) is 11.8 Å². The van der Waals surface area contributed by atoms with Gasteiger partial charge in [-0.25, -0.2) is 8.42 Å². The van der Waals surface area contributed by atoms with Crippen LogP contribution in [0.1, 0.15) is 31.2 Å². The molecule has 1 fully saturated rings. The second kappa shape index (κ2) is 9.53. The fourth-order valence-corrected chi connectivity index (χ4v) is 6.73. The van der Waals surface area contributed by atoms with Crippen molar-refractivity contribution in [1.82, 2.24) is 5.32 Å². The molecule has 1 atom stereocenters. The van der Waals surface area contributed by atoms with Gasteiger partial charge in [0, 0.05) is 17.5 Å². The first-order valence-corrected chi connectivity index (χ1v) is 13.2. The largest absolute Gasteiger partial charge is 0.476 e. The van der Waals surface area contributed by atoms with Gasteiger partial charge in [-0.15, -0.1) is 0 Å². The molecule has 0 saturated heterocycles. The van der Waals surface area contributed by atoms with Crippen molar-refractivity contribution in [3.63, 3.8) is 0 Å². The van der Waals surface area contributed by atoms with Gasteiger partial charge in [0.1, 0.15) is 5.75 Å². The Kier molecular flexibility index (Phi) is 6.77. The zero-order valence-electron chi connectivity index (χ0n) is 17.6. The average molecular weight is 461 g/mol. The molecule has 1 amide bonds. The molecule has 2 aromatic rings. The van der Waals surface area contributed by atoms with Crippen molar-refractivity contribution >= 4 is 33.4 Å². The third-order valence-electron chi connectivity index (χ3n) is 5.67. The number of carbonyl (C=O) groups is 1. The predicted octanol–water partition coefficient (Wildman–Crippen LogP) is 3.74. The SMILES string of the molecule is Cc1ccc2c(c1)OC(C(=O)NCCSC1CCCC1)CN2S(=O)(=O)c1ccccc1. The van der Waals surface area contributed by atoms with Crippen molar-refractivity contribution in [3.05, 3.63) is 54.1 Å². The molecule has 1 aliphatic heterocycles. The number of anilines is 1. The Morgan fingerprint density at radius 2 is 1.90 bits per heavy atom. The lowest BCUT2D eigenvalue weighted by Crippen LogP contribution is -2.51. The Bertz CT molecular complexity index is 1020. The highest BCUT2D eigenvalue weighted by molar-refractivity contribution is 7.99. The van der Waals surface area contributed by atoms with Crippen LogP contribution in [0, 0.1) is 6.92 Å². The van der Waals surface area contributed by atoms with E-state index in [0.717, 1.165) is 11.3 Å². The van der Waals surface area contributed by atoms with Crippen LogP contribution in [0.25, 0.3) is 0 Å². The summed E-state index contributed by atoms with van der Waals surface area (Å²) in [7, 11) is -3.82. The summed E-state index contributed by atoms with van der Waals surface area (Å²) in [6, 6.07) is 13.6. The summed E-state index contributed by atoms with van der Waals surface area (Å²) in [5, 5.41) is 3.63. The van der Waals surface area contributed by atoms with Gasteiger partial charge in [0.05, 0.1) is 17.1 Å². The molecule has 31 heavy (non-hydrogen) atoms. The lowest BCUT2D eigenvalue weighted by molar-refractivity contribution is -0.127. The smallest absolute Gasteiger partial charge is 0.264 e. The molecule has 0 bridgehead atoms. The van der Waals surface area contributed by atoms with Crippen molar-refractivity contribution in [2.75, 3.05) is 23.1 Å². The first-order valence-electron chi connectivity index (χ1n) is 10.7. The number of sulfonamides is 1. The van der Waals surface area contributed by atoms with Crippen molar-refractivity contribution < 1.29 is 17.9 Å². The molecule has 1 heterocycles. The third-order valence-corrected chi connectivity index (χ3v) is 8.84. The summed E-state index contributed by atoms with van der Waals surface area (Å²) in [5.74, 6) is 0.976. The van der Waals surface area contributed by atoms with E-state index in [9.17, 15) is 13.2 Å². The molecule has 2 aromatic carbocycles. The summed E-state index contributed by atoms with van der Waals surface area (Å²) < 4.78 is 33.9. The highest BCUT2D eigenvalue weighted by Gasteiger charge is 2.37. The molecular weight excluding hydrogens is 432 g/mol. The van der Waals surface area contributed by atoms with Crippen LogP contribution in [-0.2, 0) is 14.8 Å². The van der Waals surface area contributed by atoms with Crippen molar-refractivity contribution in [1.29, 1.82) is 0 Å². The summed E-state index contributed by atoms with van der Waals surface area (Å²) in [5.41, 5.74) is 1.39. The molecule has 6 nitrogen and oxygen atoms in total. The quantitative estimate of drug-likeness (QED) is 0.637. The highest BCUT2D eigenvalue weighted by atomic mass is 32.2. The standard InChI is InChI=1S/C23H28N2O4S2/c1-17-11-12-20-21(15-17)29-22(23(26)24-13-14-30-18-7-5-6-8-18)16-25(20)31(27,28)19-9-3-2-4-10-19/h2-4,9-12,15,18,22H,5-8,13-14,16H2,1H3,(H,24,26). The number of nitrogens with one attached hydrogen (secondary N) is 1. The van der Waals surface area contributed by atoms with Crippen LogP contribution in [0.4, 0.5) is 5.69 Å². The van der Waals surface area contributed by atoms with E-state index in [4.69, 9.17) is 4.74 Å². The number of thioether (sulfide) groups is 1. The minimum atomic E-state index is -3.82. The number of nitrogens with zero attached hydrogens (tertiary/aromatic N) is 1. The van der Waals surface area contributed by atoms with Gasteiger partial charge in [-0.05, 0) is 49.6 Å².